The Morgan fingerprint density at radius 3 is 1.20 bits per heavy atom. The second kappa shape index (κ2) is 10.7. The van der Waals surface area contributed by atoms with Crippen molar-refractivity contribution >= 4 is 39.4 Å². The fraction of sp³-hybridized carbons (Fsp3) is 0.591. The number of aryl methyl sites for hydroxylation is 1. The van der Waals surface area contributed by atoms with Crippen LogP contribution in [0.3, 0.4) is 0 Å². The monoisotopic (exact) mass is 776 g/mol. The molecule has 2 aromatic heterocycles. The molecule has 6 aliphatic rings. The molecule has 0 bridgehead atoms. The van der Waals surface area contributed by atoms with Crippen molar-refractivity contribution in [2.75, 3.05) is 0 Å². The molecule has 0 atom stereocenters. The van der Waals surface area contributed by atoms with Gasteiger partial charge in [0, 0.05) is 21.6 Å². The standard InChI is InChI=1S/C44H56O8S2/c1-21-19-23(28-26(21)45-37(3,4)39(7,8)47-28)35-32-33(52-44(17,18)43(15,16)51-32)36(54-35)25-20-24(29-30(25)49-41(11,12)40(9,10)48-29)34-31-27(22(2)53-34)46-38(5,6)42(13,14)50-31/h19-20H,1-18H3/b35-23-,36-25-. The number of ether oxygens (including phenoxy) is 8. The normalized spacial score (nSPS) is 28.5. The van der Waals surface area contributed by atoms with Crippen LogP contribution in [0.2, 0.25) is 0 Å². The lowest BCUT2D eigenvalue weighted by molar-refractivity contribution is -0.160. The maximum Gasteiger partial charge on any atom is 0.181 e. The molecule has 0 fully saturated rings. The number of hydrogen-bond donors (Lipinski definition) is 0. The molecule has 0 spiro atoms. The Kier molecular flexibility index (Phi) is 7.39. The third kappa shape index (κ3) is 4.96. The summed E-state index contributed by atoms with van der Waals surface area (Å²) in [6.07, 6.45) is 4.32. The van der Waals surface area contributed by atoms with Gasteiger partial charge in [-0.25, -0.2) is 0 Å². The highest BCUT2D eigenvalue weighted by molar-refractivity contribution is 7.14. The molecule has 292 valence electrons. The molecule has 4 aliphatic heterocycles. The quantitative estimate of drug-likeness (QED) is 0.284. The predicted molar refractivity (Wildman–Crippen MR) is 215 cm³/mol. The van der Waals surface area contributed by atoms with E-state index in [-0.39, 0.29) is 0 Å². The fourth-order valence-corrected chi connectivity index (χ4v) is 9.17. The van der Waals surface area contributed by atoms with Gasteiger partial charge in [0.1, 0.15) is 44.8 Å². The number of hydrogen-bond acceptors (Lipinski definition) is 10. The number of fused-ring (bicyclic) bond motifs is 2. The van der Waals surface area contributed by atoms with Crippen LogP contribution in [0.25, 0.3) is 16.7 Å². The minimum atomic E-state index is -0.666. The molecule has 2 aromatic rings. The number of rotatable bonds is 1. The van der Waals surface area contributed by atoms with Crippen LogP contribution in [0.15, 0.2) is 40.8 Å². The molecule has 0 saturated carbocycles. The average Bonchev–Trinajstić information content (AvgIpc) is 3.70. The van der Waals surface area contributed by atoms with Crippen LogP contribution in [0, 0.1) is 6.92 Å². The summed E-state index contributed by atoms with van der Waals surface area (Å²) in [5.41, 5.74) is -1.22. The minimum Gasteiger partial charge on any atom is -0.480 e. The summed E-state index contributed by atoms with van der Waals surface area (Å²) in [4.78, 5) is 1.98. The summed E-state index contributed by atoms with van der Waals surface area (Å²) < 4.78 is 57.0. The first kappa shape index (κ1) is 37.4. The van der Waals surface area contributed by atoms with Crippen molar-refractivity contribution in [3.05, 3.63) is 59.6 Å². The maximum absolute atomic E-state index is 7.07. The van der Waals surface area contributed by atoms with Gasteiger partial charge >= 0.3 is 0 Å². The Labute approximate surface area is 328 Å². The third-order valence-electron chi connectivity index (χ3n) is 13.4. The van der Waals surface area contributed by atoms with E-state index in [9.17, 15) is 0 Å². The molecule has 0 saturated heterocycles. The van der Waals surface area contributed by atoms with Crippen molar-refractivity contribution < 1.29 is 37.9 Å². The van der Waals surface area contributed by atoms with E-state index in [0.717, 1.165) is 64.1 Å². The molecular formula is C44H56O8S2. The molecule has 8 rings (SSSR count). The van der Waals surface area contributed by atoms with E-state index >= 15 is 0 Å². The molecule has 0 amide bonds. The van der Waals surface area contributed by atoms with Crippen LogP contribution < -0.4 is 28.0 Å². The van der Waals surface area contributed by atoms with Crippen molar-refractivity contribution in [1.82, 2.24) is 0 Å². The molecule has 8 nitrogen and oxygen atoms in total. The topological polar surface area (TPSA) is 73.8 Å². The Morgan fingerprint density at radius 1 is 0.370 bits per heavy atom. The van der Waals surface area contributed by atoms with Gasteiger partial charge in [-0.3, -0.25) is 0 Å². The zero-order chi connectivity index (χ0) is 39.7. The highest BCUT2D eigenvalue weighted by Gasteiger charge is 2.54. The molecule has 0 aromatic carbocycles. The number of allylic oxidation sites excluding steroid dienone is 4. The SMILES string of the molecule is CC1=C/C(=c2/s/c(=C3/C=C(c4sc(C)c5c4OC(C)(C)C(C)(C)O5)C4=C3OC(C)(C)C(C)(C)O4)c3c2OC(C)(C)C(C)(C)O3)C2=C1OC(C)(C)C(C)(C)O2. The lowest BCUT2D eigenvalue weighted by Crippen LogP contribution is -2.57. The third-order valence-corrected chi connectivity index (χ3v) is 15.7. The molecular weight excluding hydrogens is 721 g/mol. The maximum atomic E-state index is 7.07. The Morgan fingerprint density at radius 2 is 0.722 bits per heavy atom. The Bertz CT molecular complexity index is 2310. The van der Waals surface area contributed by atoms with Crippen LogP contribution in [0.5, 0.6) is 23.0 Å². The van der Waals surface area contributed by atoms with Crippen LogP contribution in [0.4, 0.5) is 0 Å². The largest absolute Gasteiger partial charge is 0.480 e. The zero-order valence-corrected chi connectivity index (χ0v) is 36.9. The van der Waals surface area contributed by atoms with Gasteiger partial charge < -0.3 is 37.9 Å². The van der Waals surface area contributed by atoms with Gasteiger partial charge in [0.25, 0.3) is 0 Å². The lowest BCUT2D eigenvalue weighted by atomic mass is 9.87. The Hall–Kier alpha value is -3.50. The van der Waals surface area contributed by atoms with Gasteiger partial charge in [0.2, 0.25) is 0 Å². The molecule has 0 radical (unpaired) electrons. The van der Waals surface area contributed by atoms with E-state index in [1.807, 2.05) is 0 Å². The van der Waals surface area contributed by atoms with E-state index in [1.54, 1.807) is 22.7 Å². The number of thiophene rings is 2. The van der Waals surface area contributed by atoms with Gasteiger partial charge in [-0.05, 0) is 142 Å². The van der Waals surface area contributed by atoms with Crippen LogP contribution >= 0.6 is 22.7 Å². The summed E-state index contributed by atoms with van der Waals surface area (Å²) in [6, 6.07) is 0. The van der Waals surface area contributed by atoms with Gasteiger partial charge in [-0.1, -0.05) is 0 Å². The first-order valence-corrected chi connectivity index (χ1v) is 20.6. The first-order valence-electron chi connectivity index (χ1n) is 19.0. The van der Waals surface area contributed by atoms with Crippen molar-refractivity contribution in [1.29, 1.82) is 0 Å². The second-order valence-electron chi connectivity index (χ2n) is 19.5. The highest BCUT2D eigenvalue weighted by atomic mass is 32.1. The zero-order valence-electron chi connectivity index (χ0n) is 35.2. The van der Waals surface area contributed by atoms with Crippen molar-refractivity contribution in [3.8, 4) is 23.0 Å². The summed E-state index contributed by atoms with van der Waals surface area (Å²) in [5.74, 6) is 5.65. The summed E-state index contributed by atoms with van der Waals surface area (Å²) >= 11 is 3.26. The molecule has 0 unspecified atom stereocenters. The van der Waals surface area contributed by atoms with Crippen LogP contribution in [-0.4, -0.2) is 44.8 Å². The molecule has 10 heteroatoms. The first-order chi connectivity index (χ1) is 24.5. The van der Waals surface area contributed by atoms with Crippen LogP contribution in [-0.2, 0) is 18.9 Å². The lowest BCUT2D eigenvalue weighted by Gasteiger charge is -2.46. The molecule has 2 aliphatic carbocycles. The van der Waals surface area contributed by atoms with Crippen molar-refractivity contribution in [2.24, 2.45) is 0 Å². The summed E-state index contributed by atoms with van der Waals surface area (Å²) in [5, 5.41) is 0. The van der Waals surface area contributed by atoms with Crippen molar-refractivity contribution in [2.45, 2.75) is 169 Å². The molecule has 54 heavy (non-hydrogen) atoms. The van der Waals surface area contributed by atoms with Gasteiger partial charge in [0.15, 0.2) is 46.0 Å². The summed E-state index contributed by atoms with van der Waals surface area (Å²) in [6.45, 7) is 37.3. The van der Waals surface area contributed by atoms with Crippen LogP contribution in [0.1, 0.15) is 127 Å². The Balaban J connectivity index is 1.45. The predicted octanol–water partition coefficient (Wildman–Crippen LogP) is 9.76. The van der Waals surface area contributed by atoms with E-state index in [2.05, 4.69) is 137 Å². The van der Waals surface area contributed by atoms with E-state index in [0.29, 0.717) is 23.0 Å². The molecule has 0 N–H and O–H groups in total. The highest BCUT2D eigenvalue weighted by Crippen LogP contribution is 2.58. The second-order valence-corrected chi connectivity index (χ2v) is 21.7. The van der Waals surface area contributed by atoms with E-state index < -0.39 is 44.8 Å². The van der Waals surface area contributed by atoms with Crippen molar-refractivity contribution in [3.63, 3.8) is 0 Å². The van der Waals surface area contributed by atoms with Gasteiger partial charge in [-0.2, -0.15) is 0 Å². The average molecular weight is 777 g/mol. The minimum absolute atomic E-state index is 0.534. The van der Waals surface area contributed by atoms with Gasteiger partial charge in [-0.15, -0.1) is 22.7 Å². The van der Waals surface area contributed by atoms with Gasteiger partial charge in [0.05, 0.1) is 13.9 Å². The molecule has 6 heterocycles. The van der Waals surface area contributed by atoms with E-state index in [1.165, 1.54) is 0 Å². The van der Waals surface area contributed by atoms with E-state index in [4.69, 9.17) is 37.9 Å². The summed E-state index contributed by atoms with van der Waals surface area (Å²) in [7, 11) is 0. The fourth-order valence-electron chi connectivity index (χ4n) is 6.97. The smallest absolute Gasteiger partial charge is 0.181 e.